The molecule has 19 heavy (non-hydrogen) atoms. The molecular formula is C14H8Cl3FO. The van der Waals surface area contributed by atoms with Crippen molar-refractivity contribution in [1.29, 1.82) is 0 Å². The van der Waals surface area contributed by atoms with Crippen LogP contribution in [0.2, 0.25) is 15.1 Å². The van der Waals surface area contributed by atoms with E-state index in [1.54, 1.807) is 0 Å². The first-order valence-electron chi connectivity index (χ1n) is 5.39. The molecule has 98 valence electrons. The van der Waals surface area contributed by atoms with E-state index in [2.05, 4.69) is 0 Å². The Morgan fingerprint density at radius 1 is 1.05 bits per heavy atom. The quantitative estimate of drug-likeness (QED) is 0.710. The summed E-state index contributed by atoms with van der Waals surface area (Å²) in [6, 6.07) is 8.80. The van der Waals surface area contributed by atoms with Crippen molar-refractivity contribution in [2.45, 2.75) is 6.42 Å². The fourth-order valence-corrected chi connectivity index (χ4v) is 2.43. The lowest BCUT2D eigenvalue weighted by atomic mass is 10.0. The van der Waals surface area contributed by atoms with Gasteiger partial charge in [-0.25, -0.2) is 4.39 Å². The number of Topliss-reactive ketones (excluding diaryl/α,β-unsaturated/α-hetero) is 1. The van der Waals surface area contributed by atoms with Gasteiger partial charge in [-0.2, -0.15) is 0 Å². The molecule has 5 heteroatoms. The molecule has 0 fully saturated rings. The minimum Gasteiger partial charge on any atom is -0.294 e. The van der Waals surface area contributed by atoms with Gasteiger partial charge in [-0.15, -0.1) is 0 Å². The summed E-state index contributed by atoms with van der Waals surface area (Å²) in [5.74, 6) is -0.801. The lowest BCUT2D eigenvalue weighted by molar-refractivity contribution is 0.0992. The van der Waals surface area contributed by atoms with E-state index in [4.69, 9.17) is 34.8 Å². The van der Waals surface area contributed by atoms with Gasteiger partial charge in [0.25, 0.3) is 0 Å². The van der Waals surface area contributed by atoms with Crippen molar-refractivity contribution in [3.05, 3.63) is 68.4 Å². The summed E-state index contributed by atoms with van der Waals surface area (Å²) in [7, 11) is 0. The summed E-state index contributed by atoms with van der Waals surface area (Å²) in [6.45, 7) is 0. The lowest BCUT2D eigenvalue weighted by Gasteiger charge is -2.06. The average molecular weight is 318 g/mol. The molecule has 0 unspecified atom stereocenters. The molecule has 0 aliphatic heterocycles. The van der Waals surface area contributed by atoms with Gasteiger partial charge in [-0.05, 0) is 30.3 Å². The van der Waals surface area contributed by atoms with Crippen LogP contribution >= 0.6 is 34.8 Å². The van der Waals surface area contributed by atoms with Gasteiger partial charge in [0.15, 0.2) is 5.78 Å². The Kier molecular flexibility index (Phi) is 4.46. The number of rotatable bonds is 3. The molecule has 0 aromatic heterocycles. The number of carbonyl (C=O) groups excluding carboxylic acids is 1. The molecule has 2 rings (SSSR count). The number of carbonyl (C=O) groups is 1. The number of ketones is 1. The van der Waals surface area contributed by atoms with Crippen LogP contribution in [0.15, 0.2) is 36.4 Å². The molecule has 0 aliphatic carbocycles. The van der Waals surface area contributed by atoms with Crippen LogP contribution in [0.3, 0.4) is 0 Å². The normalized spacial score (nSPS) is 10.5. The van der Waals surface area contributed by atoms with Gasteiger partial charge in [-0.1, -0.05) is 40.9 Å². The SMILES string of the molecule is O=C(Cc1c(F)cccc1Cl)c1cc(Cl)cc(Cl)c1. The van der Waals surface area contributed by atoms with Crippen molar-refractivity contribution in [1.82, 2.24) is 0 Å². The predicted molar refractivity (Wildman–Crippen MR) is 75.9 cm³/mol. The van der Waals surface area contributed by atoms with E-state index in [0.717, 1.165) is 0 Å². The molecule has 0 saturated carbocycles. The summed E-state index contributed by atoms with van der Waals surface area (Å²) in [5.41, 5.74) is 0.502. The predicted octanol–water partition coefficient (Wildman–Crippen LogP) is 5.21. The van der Waals surface area contributed by atoms with Crippen LogP contribution in [0.25, 0.3) is 0 Å². The molecule has 2 aromatic rings. The highest BCUT2D eigenvalue weighted by atomic mass is 35.5. The smallest absolute Gasteiger partial charge is 0.167 e. The molecule has 2 aromatic carbocycles. The standard InChI is InChI=1S/C14H8Cl3FO/c15-9-4-8(5-10(16)6-9)14(19)7-11-12(17)2-1-3-13(11)18/h1-6H,7H2. The minimum atomic E-state index is -0.506. The van der Waals surface area contributed by atoms with E-state index in [1.807, 2.05) is 0 Å². The van der Waals surface area contributed by atoms with Gasteiger partial charge in [-0.3, -0.25) is 4.79 Å². The largest absolute Gasteiger partial charge is 0.294 e. The van der Waals surface area contributed by atoms with E-state index >= 15 is 0 Å². The second kappa shape index (κ2) is 5.91. The van der Waals surface area contributed by atoms with Crippen LogP contribution in [-0.4, -0.2) is 5.78 Å². The maximum Gasteiger partial charge on any atom is 0.167 e. The molecule has 0 aliphatic rings. The van der Waals surface area contributed by atoms with Crippen molar-refractivity contribution in [2.75, 3.05) is 0 Å². The van der Waals surface area contributed by atoms with Gasteiger partial charge in [0.05, 0.1) is 0 Å². The third-order valence-corrected chi connectivity index (χ3v) is 3.37. The second-order valence-corrected chi connectivity index (χ2v) is 5.24. The topological polar surface area (TPSA) is 17.1 Å². The third-order valence-electron chi connectivity index (χ3n) is 2.58. The van der Waals surface area contributed by atoms with Gasteiger partial charge >= 0.3 is 0 Å². The molecule has 0 heterocycles. The van der Waals surface area contributed by atoms with Crippen LogP contribution in [0, 0.1) is 5.82 Å². The number of halogens is 4. The van der Waals surface area contributed by atoms with Crippen molar-refractivity contribution in [3.63, 3.8) is 0 Å². The first kappa shape index (κ1) is 14.3. The maximum absolute atomic E-state index is 13.6. The van der Waals surface area contributed by atoms with E-state index in [0.29, 0.717) is 15.6 Å². The molecule has 0 saturated heterocycles. The molecule has 0 bridgehead atoms. The van der Waals surface area contributed by atoms with Gasteiger partial charge in [0.2, 0.25) is 0 Å². The highest BCUT2D eigenvalue weighted by molar-refractivity contribution is 6.35. The zero-order chi connectivity index (χ0) is 14.0. The Hall–Kier alpha value is -1.09. The Labute approximate surface area is 124 Å². The van der Waals surface area contributed by atoms with E-state index in [1.165, 1.54) is 36.4 Å². The van der Waals surface area contributed by atoms with Crippen molar-refractivity contribution >= 4 is 40.6 Å². The first-order chi connectivity index (χ1) is 8.97. The zero-order valence-electron chi connectivity index (χ0n) is 9.59. The fourth-order valence-electron chi connectivity index (χ4n) is 1.68. The average Bonchev–Trinajstić information content (AvgIpc) is 2.32. The monoisotopic (exact) mass is 316 g/mol. The Morgan fingerprint density at radius 2 is 1.68 bits per heavy atom. The second-order valence-electron chi connectivity index (χ2n) is 3.96. The Morgan fingerprint density at radius 3 is 2.26 bits per heavy atom. The fraction of sp³-hybridized carbons (Fsp3) is 0.0714. The van der Waals surface area contributed by atoms with Crippen molar-refractivity contribution in [3.8, 4) is 0 Å². The highest BCUT2D eigenvalue weighted by Gasteiger charge is 2.14. The van der Waals surface area contributed by atoms with Crippen LogP contribution in [-0.2, 0) is 6.42 Å². The van der Waals surface area contributed by atoms with Gasteiger partial charge in [0.1, 0.15) is 5.82 Å². The first-order valence-corrected chi connectivity index (χ1v) is 6.53. The molecular weight excluding hydrogens is 310 g/mol. The highest BCUT2D eigenvalue weighted by Crippen LogP contribution is 2.23. The maximum atomic E-state index is 13.6. The molecule has 1 nitrogen and oxygen atoms in total. The summed E-state index contributed by atoms with van der Waals surface area (Å²) >= 11 is 17.5. The van der Waals surface area contributed by atoms with Crippen LogP contribution < -0.4 is 0 Å². The number of hydrogen-bond acceptors (Lipinski definition) is 1. The third kappa shape index (κ3) is 3.47. The zero-order valence-corrected chi connectivity index (χ0v) is 11.9. The number of hydrogen-bond donors (Lipinski definition) is 0. The lowest BCUT2D eigenvalue weighted by Crippen LogP contribution is -2.06. The van der Waals surface area contributed by atoms with Gasteiger partial charge in [0, 0.05) is 32.6 Å². The molecule has 0 spiro atoms. The van der Waals surface area contributed by atoms with E-state index in [9.17, 15) is 9.18 Å². The van der Waals surface area contributed by atoms with Crippen LogP contribution in [0.4, 0.5) is 4.39 Å². The van der Waals surface area contributed by atoms with E-state index < -0.39 is 5.82 Å². The Balaban J connectivity index is 2.31. The molecule has 0 radical (unpaired) electrons. The Bertz CT molecular complexity index is 600. The summed E-state index contributed by atoms with van der Waals surface area (Å²) < 4.78 is 13.6. The summed E-state index contributed by atoms with van der Waals surface area (Å²) in [4.78, 5) is 12.1. The summed E-state index contributed by atoms with van der Waals surface area (Å²) in [6.07, 6.45) is -0.137. The van der Waals surface area contributed by atoms with Crippen LogP contribution in [0.5, 0.6) is 0 Å². The minimum absolute atomic E-state index is 0.137. The number of benzene rings is 2. The van der Waals surface area contributed by atoms with E-state index in [-0.39, 0.29) is 22.8 Å². The van der Waals surface area contributed by atoms with Gasteiger partial charge < -0.3 is 0 Å². The summed E-state index contributed by atoms with van der Waals surface area (Å²) in [5, 5.41) is 0.937. The molecule has 0 atom stereocenters. The molecule has 0 amide bonds. The molecule has 0 N–H and O–H groups in total. The van der Waals surface area contributed by atoms with Crippen molar-refractivity contribution < 1.29 is 9.18 Å². The van der Waals surface area contributed by atoms with Crippen LogP contribution in [0.1, 0.15) is 15.9 Å². The van der Waals surface area contributed by atoms with Crippen molar-refractivity contribution in [2.24, 2.45) is 0 Å².